The summed E-state index contributed by atoms with van der Waals surface area (Å²) in [5, 5.41) is 4.59. The first-order valence-corrected chi connectivity index (χ1v) is 9.51. The molecule has 1 fully saturated rings. The molecule has 0 N–H and O–H groups in total. The summed E-state index contributed by atoms with van der Waals surface area (Å²) in [4.78, 5) is 36.0. The van der Waals surface area contributed by atoms with Gasteiger partial charge in [0.15, 0.2) is 0 Å². The first-order chi connectivity index (χ1) is 13.7. The van der Waals surface area contributed by atoms with Gasteiger partial charge in [-0.05, 0) is 24.5 Å². The summed E-state index contributed by atoms with van der Waals surface area (Å²) in [6.07, 6.45) is 5.51. The van der Waals surface area contributed by atoms with E-state index >= 15 is 0 Å². The average Bonchev–Trinajstić information content (AvgIpc) is 3.18. The van der Waals surface area contributed by atoms with Crippen LogP contribution in [0, 0.1) is 0 Å². The Morgan fingerprint density at radius 3 is 2.57 bits per heavy atom. The lowest BCUT2D eigenvalue weighted by Crippen LogP contribution is -2.43. The maximum absolute atomic E-state index is 13.0. The van der Waals surface area contributed by atoms with Crippen LogP contribution in [0.2, 0.25) is 0 Å². The Bertz CT molecular complexity index is 1060. The van der Waals surface area contributed by atoms with Crippen molar-refractivity contribution < 1.29 is 4.79 Å². The molecule has 28 heavy (non-hydrogen) atoms. The number of nitrogens with zero attached hydrogens (tertiary/aromatic N) is 6. The van der Waals surface area contributed by atoms with Gasteiger partial charge in [-0.25, -0.2) is 19.4 Å². The van der Waals surface area contributed by atoms with E-state index in [1.54, 1.807) is 23.0 Å². The van der Waals surface area contributed by atoms with Crippen LogP contribution < -0.4 is 5.69 Å². The fourth-order valence-electron chi connectivity index (χ4n) is 4.30. The standard InChI is InChI=1S/C20H20N6O2/c27-19(18-21-9-4-10-22-18)26-15-7-8-16(26)13-24-17(11-15)23-25(20(24)28)12-14-5-2-1-3-6-14/h1-6,9-10,15-16H,7-8,11-13H2. The summed E-state index contributed by atoms with van der Waals surface area (Å²) < 4.78 is 3.26. The molecule has 0 saturated carbocycles. The second-order valence-corrected chi connectivity index (χ2v) is 7.33. The van der Waals surface area contributed by atoms with Crippen LogP contribution >= 0.6 is 0 Å². The van der Waals surface area contributed by atoms with E-state index in [9.17, 15) is 9.59 Å². The first-order valence-electron chi connectivity index (χ1n) is 9.51. The topological polar surface area (TPSA) is 85.9 Å². The van der Waals surface area contributed by atoms with Gasteiger partial charge in [-0.15, -0.1) is 0 Å². The van der Waals surface area contributed by atoms with E-state index in [0.717, 1.165) is 24.2 Å². The highest BCUT2D eigenvalue weighted by molar-refractivity contribution is 5.91. The predicted octanol–water partition coefficient (Wildman–Crippen LogP) is 1.11. The van der Waals surface area contributed by atoms with Gasteiger partial charge in [0.05, 0.1) is 12.6 Å². The zero-order valence-corrected chi connectivity index (χ0v) is 15.3. The normalized spacial score (nSPS) is 20.6. The second-order valence-electron chi connectivity index (χ2n) is 7.33. The Morgan fingerprint density at radius 1 is 1.04 bits per heavy atom. The maximum atomic E-state index is 13.0. The lowest BCUT2D eigenvalue weighted by molar-refractivity contribution is 0.0652. The van der Waals surface area contributed by atoms with Crippen molar-refractivity contribution >= 4 is 5.91 Å². The molecule has 0 aliphatic carbocycles. The number of hydrogen-bond donors (Lipinski definition) is 0. The molecule has 142 valence electrons. The van der Waals surface area contributed by atoms with Crippen molar-refractivity contribution in [2.45, 2.75) is 44.4 Å². The fraction of sp³-hybridized carbons (Fsp3) is 0.350. The van der Waals surface area contributed by atoms with E-state index in [-0.39, 0.29) is 29.5 Å². The summed E-state index contributed by atoms with van der Waals surface area (Å²) in [5.41, 5.74) is 0.925. The molecular formula is C20H20N6O2. The number of carbonyl (C=O) groups is 1. The molecule has 4 heterocycles. The lowest BCUT2D eigenvalue weighted by atomic mass is 10.1. The molecule has 0 spiro atoms. The number of aromatic nitrogens is 5. The maximum Gasteiger partial charge on any atom is 0.346 e. The quantitative estimate of drug-likeness (QED) is 0.684. The molecule has 2 bridgehead atoms. The summed E-state index contributed by atoms with van der Waals surface area (Å²) in [5.74, 6) is 0.795. The average molecular weight is 376 g/mol. The van der Waals surface area contributed by atoms with Crippen LogP contribution in [0.1, 0.15) is 34.8 Å². The highest BCUT2D eigenvalue weighted by Gasteiger charge is 2.42. The van der Waals surface area contributed by atoms with E-state index in [4.69, 9.17) is 0 Å². The minimum absolute atomic E-state index is 0.0227. The Hall–Kier alpha value is -3.29. The van der Waals surface area contributed by atoms with Gasteiger partial charge in [-0.1, -0.05) is 30.3 Å². The monoisotopic (exact) mass is 376 g/mol. The highest BCUT2D eigenvalue weighted by atomic mass is 16.2. The number of amides is 1. The fourth-order valence-corrected chi connectivity index (χ4v) is 4.30. The van der Waals surface area contributed by atoms with Crippen molar-refractivity contribution in [3.05, 3.63) is 76.5 Å². The molecule has 2 aliphatic rings. The second kappa shape index (κ2) is 6.70. The zero-order chi connectivity index (χ0) is 19.1. The number of benzene rings is 1. The Balaban J connectivity index is 1.44. The van der Waals surface area contributed by atoms with Gasteiger partial charge in [0, 0.05) is 31.4 Å². The Labute approximate surface area is 161 Å². The van der Waals surface area contributed by atoms with E-state index in [1.165, 1.54) is 4.68 Å². The van der Waals surface area contributed by atoms with E-state index in [1.807, 2.05) is 35.2 Å². The molecule has 2 aliphatic heterocycles. The predicted molar refractivity (Wildman–Crippen MR) is 101 cm³/mol. The van der Waals surface area contributed by atoms with Crippen molar-refractivity contribution in [3.8, 4) is 0 Å². The van der Waals surface area contributed by atoms with Crippen LogP contribution in [0.5, 0.6) is 0 Å². The number of hydrogen-bond acceptors (Lipinski definition) is 5. The Kier molecular flexibility index (Phi) is 4.03. The van der Waals surface area contributed by atoms with Gasteiger partial charge in [0.2, 0.25) is 5.82 Å². The van der Waals surface area contributed by atoms with Crippen LogP contribution in [0.25, 0.3) is 0 Å². The molecule has 3 aromatic rings. The third kappa shape index (κ3) is 2.81. The number of carbonyl (C=O) groups excluding carboxylic acids is 1. The molecule has 8 heteroatoms. The van der Waals surface area contributed by atoms with Crippen LogP contribution in [0.3, 0.4) is 0 Å². The molecule has 8 nitrogen and oxygen atoms in total. The van der Waals surface area contributed by atoms with Gasteiger partial charge in [0.25, 0.3) is 5.91 Å². The molecule has 1 amide bonds. The molecular weight excluding hydrogens is 356 g/mol. The van der Waals surface area contributed by atoms with Gasteiger partial charge >= 0.3 is 5.69 Å². The van der Waals surface area contributed by atoms with Crippen LogP contribution in [0.4, 0.5) is 0 Å². The molecule has 2 atom stereocenters. The first kappa shape index (κ1) is 16.9. The van der Waals surface area contributed by atoms with Gasteiger partial charge in [0.1, 0.15) is 5.82 Å². The molecule has 2 unspecified atom stereocenters. The minimum Gasteiger partial charge on any atom is -0.328 e. The summed E-state index contributed by atoms with van der Waals surface area (Å²) in [6, 6.07) is 11.5. The van der Waals surface area contributed by atoms with Crippen molar-refractivity contribution in [2.24, 2.45) is 0 Å². The van der Waals surface area contributed by atoms with E-state index in [2.05, 4.69) is 15.1 Å². The third-order valence-corrected chi connectivity index (χ3v) is 5.60. The van der Waals surface area contributed by atoms with Crippen molar-refractivity contribution in [2.75, 3.05) is 0 Å². The molecule has 1 aromatic carbocycles. The SMILES string of the molecule is O=C(c1ncccn1)N1C2CCC1Cn1c(nn(Cc3ccccc3)c1=O)C2. The van der Waals surface area contributed by atoms with Crippen LogP contribution in [0.15, 0.2) is 53.6 Å². The Morgan fingerprint density at radius 2 is 1.79 bits per heavy atom. The van der Waals surface area contributed by atoms with E-state index < -0.39 is 0 Å². The smallest absolute Gasteiger partial charge is 0.328 e. The number of fused-ring (bicyclic) bond motifs is 3. The lowest BCUT2D eigenvalue weighted by Gasteiger charge is -2.27. The molecule has 2 aromatic heterocycles. The van der Waals surface area contributed by atoms with Crippen molar-refractivity contribution in [3.63, 3.8) is 0 Å². The van der Waals surface area contributed by atoms with Gasteiger partial charge < -0.3 is 4.90 Å². The summed E-state index contributed by atoms with van der Waals surface area (Å²) in [7, 11) is 0. The molecule has 5 rings (SSSR count). The molecule has 0 radical (unpaired) electrons. The molecule has 1 saturated heterocycles. The van der Waals surface area contributed by atoms with Crippen molar-refractivity contribution in [1.29, 1.82) is 0 Å². The minimum atomic E-state index is -0.163. The number of rotatable bonds is 3. The van der Waals surface area contributed by atoms with Gasteiger partial charge in [-0.3, -0.25) is 9.36 Å². The summed E-state index contributed by atoms with van der Waals surface area (Å²) >= 11 is 0. The van der Waals surface area contributed by atoms with E-state index in [0.29, 0.717) is 19.5 Å². The van der Waals surface area contributed by atoms with Crippen LogP contribution in [-0.4, -0.2) is 47.2 Å². The third-order valence-electron chi connectivity index (χ3n) is 5.60. The largest absolute Gasteiger partial charge is 0.346 e. The van der Waals surface area contributed by atoms with Crippen LogP contribution in [-0.2, 0) is 19.5 Å². The summed E-state index contributed by atoms with van der Waals surface area (Å²) in [6.45, 7) is 0.924. The highest BCUT2D eigenvalue weighted by Crippen LogP contribution is 2.31. The van der Waals surface area contributed by atoms with Crippen molar-refractivity contribution in [1.82, 2.24) is 29.2 Å². The van der Waals surface area contributed by atoms with Gasteiger partial charge in [-0.2, -0.15) is 5.10 Å². The zero-order valence-electron chi connectivity index (χ0n) is 15.3.